The minimum atomic E-state index is 0.407. The predicted octanol–water partition coefficient (Wildman–Crippen LogP) is 5.48. The Bertz CT molecular complexity index is 254. The average Bonchev–Trinajstić information content (AvgIpc) is 2.34. The van der Waals surface area contributed by atoms with Gasteiger partial charge in [-0.2, -0.15) is 0 Å². The molecule has 1 rings (SSSR count). The second-order valence-corrected chi connectivity index (χ2v) is 7.86. The molecule has 1 nitrogen and oxygen atoms in total. The fourth-order valence-corrected chi connectivity index (χ4v) is 4.19. The zero-order valence-electron chi connectivity index (χ0n) is 14.9. The van der Waals surface area contributed by atoms with Gasteiger partial charge in [0, 0.05) is 6.04 Å². The minimum Gasteiger partial charge on any atom is -0.328 e. The van der Waals surface area contributed by atoms with E-state index in [4.69, 9.17) is 5.73 Å². The van der Waals surface area contributed by atoms with Crippen LogP contribution >= 0.6 is 0 Å². The van der Waals surface area contributed by atoms with E-state index >= 15 is 0 Å². The lowest BCUT2D eigenvalue weighted by Gasteiger charge is -2.43. The molecule has 5 unspecified atom stereocenters. The van der Waals surface area contributed by atoms with Crippen LogP contribution in [0.3, 0.4) is 0 Å². The van der Waals surface area contributed by atoms with Crippen LogP contribution in [0, 0.1) is 35.5 Å². The van der Waals surface area contributed by atoms with E-state index in [0.717, 1.165) is 35.5 Å². The first-order valence-corrected chi connectivity index (χ1v) is 9.16. The molecule has 1 fully saturated rings. The normalized spacial score (nSPS) is 30.1. The molecule has 0 aliphatic heterocycles. The lowest BCUT2D eigenvalue weighted by Crippen LogP contribution is -2.40. The standard InChI is InChI=1S/C19H39N/c1-7-9-13(3)15(5)14(4)10-17(8-2)19-11-18(12-19)16(6)20/h13-19H,7-12,20H2,1-6H3. The van der Waals surface area contributed by atoms with Gasteiger partial charge in [0.25, 0.3) is 0 Å². The van der Waals surface area contributed by atoms with Crippen LogP contribution in [0.25, 0.3) is 0 Å². The average molecular weight is 282 g/mol. The van der Waals surface area contributed by atoms with Gasteiger partial charge in [-0.3, -0.25) is 0 Å². The van der Waals surface area contributed by atoms with Gasteiger partial charge in [0.1, 0.15) is 0 Å². The Morgan fingerprint density at radius 1 is 0.950 bits per heavy atom. The summed E-state index contributed by atoms with van der Waals surface area (Å²) in [4.78, 5) is 0. The Balaban J connectivity index is 2.40. The molecule has 1 saturated carbocycles. The van der Waals surface area contributed by atoms with Crippen molar-refractivity contribution in [2.45, 2.75) is 86.1 Å². The molecule has 0 heterocycles. The SMILES string of the molecule is CCCC(C)C(C)C(C)CC(CC)C1CC(C(C)N)C1. The number of rotatable bonds is 9. The quantitative estimate of drug-likeness (QED) is 0.594. The van der Waals surface area contributed by atoms with Gasteiger partial charge in [-0.15, -0.1) is 0 Å². The highest BCUT2D eigenvalue weighted by Gasteiger charge is 2.36. The van der Waals surface area contributed by atoms with Crippen molar-refractivity contribution in [1.82, 2.24) is 0 Å². The largest absolute Gasteiger partial charge is 0.328 e. The maximum Gasteiger partial charge on any atom is 0.00389 e. The van der Waals surface area contributed by atoms with Gasteiger partial charge in [0.05, 0.1) is 0 Å². The first-order valence-electron chi connectivity index (χ1n) is 9.16. The molecule has 0 spiro atoms. The van der Waals surface area contributed by atoms with E-state index in [1.54, 1.807) is 0 Å². The van der Waals surface area contributed by atoms with Crippen LogP contribution in [0.5, 0.6) is 0 Å². The smallest absolute Gasteiger partial charge is 0.00389 e. The van der Waals surface area contributed by atoms with E-state index in [1.165, 1.54) is 38.5 Å². The molecule has 0 bridgehead atoms. The zero-order valence-corrected chi connectivity index (χ0v) is 14.9. The highest BCUT2D eigenvalue weighted by atomic mass is 14.7. The van der Waals surface area contributed by atoms with Gasteiger partial charge < -0.3 is 5.73 Å². The first kappa shape index (κ1) is 18.0. The van der Waals surface area contributed by atoms with Crippen molar-refractivity contribution >= 4 is 0 Å². The summed E-state index contributed by atoms with van der Waals surface area (Å²) < 4.78 is 0. The monoisotopic (exact) mass is 281 g/mol. The van der Waals surface area contributed by atoms with Crippen LogP contribution < -0.4 is 5.73 Å². The maximum atomic E-state index is 6.02. The Labute approximate surface area is 128 Å². The molecule has 1 heteroatoms. The molecule has 0 saturated heterocycles. The van der Waals surface area contributed by atoms with E-state index in [1.807, 2.05) is 0 Å². The molecule has 0 aromatic heterocycles. The van der Waals surface area contributed by atoms with Crippen molar-refractivity contribution in [3.05, 3.63) is 0 Å². The van der Waals surface area contributed by atoms with Crippen molar-refractivity contribution in [2.75, 3.05) is 0 Å². The summed E-state index contributed by atoms with van der Waals surface area (Å²) in [6, 6.07) is 0.407. The molecular formula is C19H39N. The van der Waals surface area contributed by atoms with Gasteiger partial charge in [-0.25, -0.2) is 0 Å². The van der Waals surface area contributed by atoms with E-state index in [9.17, 15) is 0 Å². The summed E-state index contributed by atoms with van der Waals surface area (Å²) in [6.45, 7) is 14.3. The summed E-state index contributed by atoms with van der Waals surface area (Å²) >= 11 is 0. The molecule has 2 N–H and O–H groups in total. The van der Waals surface area contributed by atoms with Crippen LogP contribution in [0.2, 0.25) is 0 Å². The zero-order chi connectivity index (χ0) is 15.3. The van der Waals surface area contributed by atoms with Gasteiger partial charge >= 0.3 is 0 Å². The van der Waals surface area contributed by atoms with E-state index in [0.29, 0.717) is 6.04 Å². The third-order valence-corrected chi connectivity index (χ3v) is 6.36. The van der Waals surface area contributed by atoms with Crippen molar-refractivity contribution in [1.29, 1.82) is 0 Å². The molecule has 20 heavy (non-hydrogen) atoms. The summed E-state index contributed by atoms with van der Waals surface area (Å²) in [5.41, 5.74) is 6.02. The van der Waals surface area contributed by atoms with Crippen LogP contribution in [0.15, 0.2) is 0 Å². The van der Waals surface area contributed by atoms with Gasteiger partial charge in [-0.1, -0.05) is 53.9 Å². The number of hydrogen-bond donors (Lipinski definition) is 1. The van der Waals surface area contributed by atoms with Gasteiger partial charge in [0.2, 0.25) is 0 Å². The van der Waals surface area contributed by atoms with Crippen molar-refractivity contribution < 1.29 is 0 Å². The predicted molar refractivity (Wildman–Crippen MR) is 90.7 cm³/mol. The Kier molecular flexibility index (Phi) is 7.58. The summed E-state index contributed by atoms with van der Waals surface area (Å²) in [5.74, 6) is 5.33. The molecular weight excluding hydrogens is 242 g/mol. The molecule has 1 aliphatic rings. The fourth-order valence-electron chi connectivity index (χ4n) is 4.19. The molecule has 5 atom stereocenters. The topological polar surface area (TPSA) is 26.0 Å². The molecule has 0 aromatic rings. The Hall–Kier alpha value is -0.0400. The van der Waals surface area contributed by atoms with Crippen LogP contribution in [0.1, 0.15) is 80.1 Å². The number of nitrogens with two attached hydrogens (primary N) is 1. The van der Waals surface area contributed by atoms with Crippen LogP contribution in [0.4, 0.5) is 0 Å². The fraction of sp³-hybridized carbons (Fsp3) is 1.00. The highest BCUT2D eigenvalue weighted by Crippen LogP contribution is 2.44. The van der Waals surface area contributed by atoms with Crippen LogP contribution in [-0.2, 0) is 0 Å². The molecule has 0 radical (unpaired) electrons. The lowest BCUT2D eigenvalue weighted by atomic mass is 9.63. The number of hydrogen-bond acceptors (Lipinski definition) is 1. The van der Waals surface area contributed by atoms with Crippen molar-refractivity contribution in [3.8, 4) is 0 Å². The summed E-state index contributed by atoms with van der Waals surface area (Å²) in [5, 5.41) is 0. The third-order valence-electron chi connectivity index (χ3n) is 6.36. The summed E-state index contributed by atoms with van der Waals surface area (Å²) in [7, 11) is 0. The lowest BCUT2D eigenvalue weighted by molar-refractivity contribution is 0.0799. The Morgan fingerprint density at radius 3 is 2.00 bits per heavy atom. The molecule has 0 aromatic carbocycles. The molecule has 1 aliphatic carbocycles. The summed E-state index contributed by atoms with van der Waals surface area (Å²) in [6.07, 6.45) is 8.29. The van der Waals surface area contributed by atoms with Crippen molar-refractivity contribution in [3.63, 3.8) is 0 Å². The Morgan fingerprint density at radius 2 is 1.55 bits per heavy atom. The van der Waals surface area contributed by atoms with E-state index in [-0.39, 0.29) is 0 Å². The van der Waals surface area contributed by atoms with Gasteiger partial charge in [0.15, 0.2) is 0 Å². The van der Waals surface area contributed by atoms with E-state index < -0.39 is 0 Å². The van der Waals surface area contributed by atoms with Crippen LogP contribution in [-0.4, -0.2) is 6.04 Å². The van der Waals surface area contributed by atoms with E-state index in [2.05, 4.69) is 41.5 Å². The first-order chi connectivity index (χ1) is 9.40. The highest BCUT2D eigenvalue weighted by molar-refractivity contribution is 4.89. The van der Waals surface area contributed by atoms with Crippen molar-refractivity contribution in [2.24, 2.45) is 41.2 Å². The van der Waals surface area contributed by atoms with Gasteiger partial charge in [-0.05, 0) is 61.7 Å². The third kappa shape index (κ3) is 4.76. The maximum absolute atomic E-state index is 6.02. The molecule has 120 valence electrons. The second kappa shape index (κ2) is 8.41. The molecule has 0 amide bonds. The second-order valence-electron chi connectivity index (χ2n) is 7.86. The minimum absolute atomic E-state index is 0.407.